The lowest BCUT2D eigenvalue weighted by Gasteiger charge is -2.16. The molecule has 6 heteroatoms. The average molecular weight is 331 g/mol. The summed E-state index contributed by atoms with van der Waals surface area (Å²) in [7, 11) is 0. The fourth-order valence-electron chi connectivity index (χ4n) is 1.61. The molecule has 0 saturated carbocycles. The zero-order valence-electron chi connectivity index (χ0n) is 9.92. The van der Waals surface area contributed by atoms with Gasteiger partial charge in [-0.1, -0.05) is 0 Å². The van der Waals surface area contributed by atoms with Crippen LogP contribution in [0, 0.1) is 17.5 Å². The van der Waals surface area contributed by atoms with Crippen molar-refractivity contribution < 1.29 is 13.2 Å². The minimum atomic E-state index is -0.593. The van der Waals surface area contributed by atoms with Crippen molar-refractivity contribution >= 4 is 21.6 Å². The second kappa shape index (κ2) is 5.61. The monoisotopic (exact) mass is 330 g/mol. The molecule has 0 saturated heterocycles. The quantitative estimate of drug-likeness (QED) is 0.842. The molecule has 0 bridgehead atoms. The molecule has 1 heterocycles. The van der Waals surface area contributed by atoms with Crippen molar-refractivity contribution in [2.45, 2.75) is 13.0 Å². The van der Waals surface area contributed by atoms with Gasteiger partial charge in [0.25, 0.3) is 0 Å². The molecule has 0 spiro atoms. The van der Waals surface area contributed by atoms with E-state index in [2.05, 4.69) is 26.2 Å². The highest BCUT2D eigenvalue weighted by molar-refractivity contribution is 9.10. The van der Waals surface area contributed by atoms with Gasteiger partial charge < -0.3 is 5.32 Å². The third-order valence-electron chi connectivity index (χ3n) is 2.61. The van der Waals surface area contributed by atoms with Crippen LogP contribution >= 0.6 is 15.9 Å². The molecule has 1 N–H and O–H groups in total. The van der Waals surface area contributed by atoms with Crippen LogP contribution in [-0.4, -0.2) is 4.98 Å². The Morgan fingerprint density at radius 3 is 2.53 bits per heavy atom. The van der Waals surface area contributed by atoms with Crippen LogP contribution in [0.15, 0.2) is 35.1 Å². The summed E-state index contributed by atoms with van der Waals surface area (Å²) in [6.45, 7) is 1.70. The molecule has 0 aliphatic carbocycles. The first-order valence-electron chi connectivity index (χ1n) is 5.49. The summed E-state index contributed by atoms with van der Waals surface area (Å²) < 4.78 is 40.1. The number of anilines is 1. The molecule has 0 radical (unpaired) electrons. The Kier molecular flexibility index (Phi) is 4.09. The number of nitrogens with zero attached hydrogens (tertiary/aromatic N) is 1. The summed E-state index contributed by atoms with van der Waals surface area (Å²) in [5, 5.41) is 2.78. The first-order valence-corrected chi connectivity index (χ1v) is 6.28. The molecule has 1 unspecified atom stereocenters. The number of aromatic nitrogens is 1. The summed E-state index contributed by atoms with van der Waals surface area (Å²) in [4.78, 5) is 3.71. The lowest BCUT2D eigenvalue weighted by atomic mass is 10.1. The minimum Gasteiger partial charge on any atom is -0.376 e. The van der Waals surface area contributed by atoms with Crippen LogP contribution in [-0.2, 0) is 0 Å². The second-order valence-corrected chi connectivity index (χ2v) is 4.90. The van der Waals surface area contributed by atoms with E-state index in [9.17, 15) is 13.2 Å². The predicted molar refractivity (Wildman–Crippen MR) is 70.3 cm³/mol. The lowest BCUT2D eigenvalue weighted by Crippen LogP contribution is -2.09. The number of benzene rings is 1. The van der Waals surface area contributed by atoms with Crippen molar-refractivity contribution in [3.8, 4) is 0 Å². The predicted octanol–water partition coefficient (Wildman–Crippen LogP) is 4.43. The molecule has 19 heavy (non-hydrogen) atoms. The maximum atomic E-state index is 13.6. The standard InChI is InChI=1S/C13H10BrF3N2/c1-7(8-2-9(15)6-18-5-8)19-13-4-11(16)10(14)3-12(13)17/h2-7,19H,1H3. The topological polar surface area (TPSA) is 24.9 Å². The van der Waals surface area contributed by atoms with E-state index in [0.29, 0.717) is 5.56 Å². The molecule has 1 atom stereocenters. The molecule has 0 fully saturated rings. The van der Waals surface area contributed by atoms with Crippen LogP contribution in [0.2, 0.25) is 0 Å². The number of pyridine rings is 1. The molecule has 2 nitrogen and oxygen atoms in total. The molecular formula is C13H10BrF3N2. The van der Waals surface area contributed by atoms with Crippen LogP contribution in [0.1, 0.15) is 18.5 Å². The van der Waals surface area contributed by atoms with Crippen LogP contribution in [0.5, 0.6) is 0 Å². The second-order valence-electron chi connectivity index (χ2n) is 4.05. The largest absolute Gasteiger partial charge is 0.376 e. The number of nitrogens with one attached hydrogen (secondary N) is 1. The minimum absolute atomic E-state index is 0.0115. The number of halogens is 4. The van der Waals surface area contributed by atoms with Gasteiger partial charge in [-0.3, -0.25) is 4.98 Å². The zero-order valence-corrected chi connectivity index (χ0v) is 11.5. The van der Waals surface area contributed by atoms with Crippen molar-refractivity contribution in [2.75, 3.05) is 5.32 Å². The Bertz CT molecular complexity index is 604. The first kappa shape index (κ1) is 13.9. The van der Waals surface area contributed by atoms with Gasteiger partial charge in [0, 0.05) is 12.3 Å². The SMILES string of the molecule is CC(Nc1cc(F)c(Br)cc1F)c1cncc(F)c1. The van der Waals surface area contributed by atoms with E-state index in [0.717, 1.165) is 18.3 Å². The number of rotatable bonds is 3. The van der Waals surface area contributed by atoms with Gasteiger partial charge in [-0.25, -0.2) is 13.2 Å². The van der Waals surface area contributed by atoms with Crippen molar-refractivity contribution in [1.29, 1.82) is 0 Å². The Balaban J connectivity index is 2.24. The zero-order chi connectivity index (χ0) is 14.0. The van der Waals surface area contributed by atoms with E-state index in [-0.39, 0.29) is 10.2 Å². The fourth-order valence-corrected chi connectivity index (χ4v) is 1.93. The number of hydrogen-bond acceptors (Lipinski definition) is 2. The highest BCUT2D eigenvalue weighted by atomic mass is 79.9. The Morgan fingerprint density at radius 1 is 1.11 bits per heavy atom. The van der Waals surface area contributed by atoms with E-state index in [4.69, 9.17) is 0 Å². The van der Waals surface area contributed by atoms with Gasteiger partial charge in [-0.2, -0.15) is 0 Å². The summed E-state index contributed by atoms with van der Waals surface area (Å²) in [5.41, 5.74) is 0.556. The van der Waals surface area contributed by atoms with Gasteiger partial charge in [-0.05, 0) is 40.5 Å². The molecule has 2 rings (SSSR count). The van der Waals surface area contributed by atoms with E-state index in [1.54, 1.807) is 6.92 Å². The van der Waals surface area contributed by atoms with Crippen LogP contribution in [0.4, 0.5) is 18.9 Å². The third kappa shape index (κ3) is 3.26. The first-order chi connectivity index (χ1) is 8.97. The van der Waals surface area contributed by atoms with Gasteiger partial charge in [-0.15, -0.1) is 0 Å². The maximum absolute atomic E-state index is 13.6. The Morgan fingerprint density at radius 2 is 1.84 bits per heavy atom. The van der Waals surface area contributed by atoms with Gasteiger partial charge in [0.1, 0.15) is 17.5 Å². The van der Waals surface area contributed by atoms with Crippen molar-refractivity contribution in [3.63, 3.8) is 0 Å². The molecule has 1 aromatic heterocycles. The third-order valence-corrected chi connectivity index (χ3v) is 3.22. The van der Waals surface area contributed by atoms with Crippen molar-refractivity contribution in [2.24, 2.45) is 0 Å². The molecule has 0 aliphatic heterocycles. The van der Waals surface area contributed by atoms with E-state index >= 15 is 0 Å². The van der Waals surface area contributed by atoms with Crippen LogP contribution in [0.3, 0.4) is 0 Å². The van der Waals surface area contributed by atoms with Gasteiger partial charge in [0.05, 0.1) is 22.4 Å². The molecule has 2 aromatic rings. The summed E-state index contributed by atoms with van der Waals surface area (Å²) >= 11 is 2.90. The Hall–Kier alpha value is -1.56. The fraction of sp³-hybridized carbons (Fsp3) is 0.154. The lowest BCUT2D eigenvalue weighted by molar-refractivity contribution is 0.594. The van der Waals surface area contributed by atoms with Crippen molar-refractivity contribution in [1.82, 2.24) is 4.98 Å². The van der Waals surface area contributed by atoms with Crippen molar-refractivity contribution in [3.05, 3.63) is 58.1 Å². The van der Waals surface area contributed by atoms with Gasteiger partial charge in [0.15, 0.2) is 0 Å². The molecule has 0 aliphatic rings. The van der Waals surface area contributed by atoms with Crippen LogP contribution in [0.25, 0.3) is 0 Å². The highest BCUT2D eigenvalue weighted by Gasteiger charge is 2.12. The number of hydrogen-bond donors (Lipinski definition) is 1. The molecular weight excluding hydrogens is 321 g/mol. The smallest absolute Gasteiger partial charge is 0.147 e. The van der Waals surface area contributed by atoms with E-state index < -0.39 is 23.5 Å². The summed E-state index contributed by atoms with van der Waals surface area (Å²) in [5.74, 6) is -1.65. The summed E-state index contributed by atoms with van der Waals surface area (Å²) in [6.07, 6.45) is 2.55. The molecule has 1 aromatic carbocycles. The van der Waals surface area contributed by atoms with Gasteiger partial charge in [0.2, 0.25) is 0 Å². The van der Waals surface area contributed by atoms with Crippen LogP contribution < -0.4 is 5.32 Å². The summed E-state index contributed by atoms with van der Waals surface area (Å²) in [6, 6.07) is 2.97. The van der Waals surface area contributed by atoms with E-state index in [1.165, 1.54) is 12.3 Å². The molecule has 0 amide bonds. The maximum Gasteiger partial charge on any atom is 0.147 e. The highest BCUT2D eigenvalue weighted by Crippen LogP contribution is 2.26. The normalized spacial score (nSPS) is 12.3. The van der Waals surface area contributed by atoms with E-state index in [1.807, 2.05) is 0 Å². The average Bonchev–Trinajstić information content (AvgIpc) is 2.36. The van der Waals surface area contributed by atoms with Gasteiger partial charge >= 0.3 is 0 Å². The Labute approximate surface area is 116 Å². The molecule has 100 valence electrons.